The molecule has 2 aromatic carbocycles. The Kier molecular flexibility index (Phi) is 6.19. The van der Waals surface area contributed by atoms with Crippen LogP contribution in [0, 0.1) is 13.8 Å². The van der Waals surface area contributed by atoms with E-state index in [1.807, 2.05) is 44.2 Å². The van der Waals surface area contributed by atoms with Crippen LogP contribution in [0.2, 0.25) is 0 Å². The first-order valence-corrected chi connectivity index (χ1v) is 11.0. The number of H-pyrrole nitrogens is 1. The number of hydrogen-bond acceptors (Lipinski definition) is 5. The number of aryl methyl sites for hydroxylation is 2. The first kappa shape index (κ1) is 21.9. The maximum Gasteiger partial charge on any atom is 0.273 e. The van der Waals surface area contributed by atoms with Gasteiger partial charge in [0.15, 0.2) is 0 Å². The Morgan fingerprint density at radius 2 is 1.94 bits per heavy atom. The lowest BCUT2D eigenvalue weighted by molar-refractivity contribution is 0.0706. The molecule has 1 amide bonds. The topological polar surface area (TPSA) is 98.7 Å². The second kappa shape index (κ2) is 9.04. The lowest BCUT2D eigenvalue weighted by Gasteiger charge is -2.26. The molecule has 1 atom stereocenters. The predicted molar refractivity (Wildman–Crippen MR) is 122 cm³/mol. The molecule has 0 saturated carbocycles. The molecule has 1 aromatic heterocycles. The van der Waals surface area contributed by atoms with E-state index in [1.54, 1.807) is 11.0 Å². The van der Waals surface area contributed by atoms with Crippen LogP contribution in [0.3, 0.4) is 0 Å². The van der Waals surface area contributed by atoms with Gasteiger partial charge in [0, 0.05) is 17.7 Å². The molecule has 0 radical (unpaired) electrons. The molecule has 0 spiro atoms. The number of nitrogens with one attached hydrogen (secondary N) is 1. The number of phenolic OH excluding ortho intramolecular Hbond substituents is 1. The summed E-state index contributed by atoms with van der Waals surface area (Å²) in [6, 6.07) is 10.9. The fourth-order valence-corrected chi connectivity index (χ4v) is 4.41. The summed E-state index contributed by atoms with van der Waals surface area (Å²) in [6.45, 7) is 6.67. The minimum Gasteiger partial charge on any atom is -0.507 e. The number of rotatable bonds is 8. The molecule has 4 rings (SSSR count). The van der Waals surface area contributed by atoms with Crippen molar-refractivity contribution >= 4 is 5.91 Å². The number of ether oxygens (including phenoxy) is 1. The standard InChI is InChI=1S/C25H29N3O4/c1-4-5-12-32-18-8-6-17(7-9-18)24-21-22(20-16(3)13-15(2)14-19(20)30)26-27-23(21)25(31)28(24)10-11-29/h6-9,13-14,24,29-30H,4-5,10-12H2,1-3H3,(H,26,27). The molecule has 168 valence electrons. The van der Waals surface area contributed by atoms with Gasteiger partial charge in [0.25, 0.3) is 5.91 Å². The third-order valence-electron chi connectivity index (χ3n) is 5.86. The van der Waals surface area contributed by atoms with Gasteiger partial charge < -0.3 is 19.8 Å². The number of aromatic amines is 1. The van der Waals surface area contributed by atoms with Gasteiger partial charge in [0.05, 0.1) is 19.3 Å². The fraction of sp³-hybridized carbons (Fsp3) is 0.360. The van der Waals surface area contributed by atoms with Crippen LogP contribution < -0.4 is 4.74 Å². The highest BCUT2D eigenvalue weighted by Crippen LogP contribution is 2.45. The van der Waals surface area contributed by atoms with Crippen LogP contribution in [0.25, 0.3) is 11.3 Å². The molecule has 0 fully saturated rings. The van der Waals surface area contributed by atoms with Crippen LogP contribution in [-0.4, -0.2) is 51.0 Å². The van der Waals surface area contributed by atoms with Crippen LogP contribution in [-0.2, 0) is 0 Å². The molecular weight excluding hydrogens is 406 g/mol. The normalized spacial score (nSPS) is 15.3. The van der Waals surface area contributed by atoms with Crippen molar-refractivity contribution in [2.75, 3.05) is 19.8 Å². The molecule has 7 nitrogen and oxygen atoms in total. The number of hydrogen-bond donors (Lipinski definition) is 3. The van der Waals surface area contributed by atoms with Gasteiger partial charge in [0.1, 0.15) is 22.9 Å². The highest BCUT2D eigenvalue weighted by molar-refractivity contribution is 6.00. The molecule has 0 saturated heterocycles. The van der Waals surface area contributed by atoms with Crippen molar-refractivity contribution in [3.63, 3.8) is 0 Å². The molecule has 1 aliphatic heterocycles. The lowest BCUT2D eigenvalue weighted by Crippen LogP contribution is -2.32. The van der Waals surface area contributed by atoms with Gasteiger partial charge >= 0.3 is 0 Å². The predicted octanol–water partition coefficient (Wildman–Crippen LogP) is 4.12. The van der Waals surface area contributed by atoms with E-state index >= 15 is 0 Å². The quantitative estimate of drug-likeness (QED) is 0.463. The highest BCUT2D eigenvalue weighted by Gasteiger charge is 2.42. The largest absolute Gasteiger partial charge is 0.507 e. The summed E-state index contributed by atoms with van der Waals surface area (Å²) in [5, 5.41) is 27.6. The SMILES string of the molecule is CCCCOc1ccc(C2c3c(-c4c(C)cc(C)cc4O)n[nH]c3C(=O)N2CCO)cc1. The molecule has 32 heavy (non-hydrogen) atoms. The van der Waals surface area contributed by atoms with Gasteiger partial charge in [-0.3, -0.25) is 9.89 Å². The number of aromatic nitrogens is 2. The molecule has 1 aliphatic rings. The van der Waals surface area contributed by atoms with Gasteiger partial charge in [-0.1, -0.05) is 31.5 Å². The molecule has 7 heteroatoms. The molecule has 3 aromatic rings. The Labute approximate surface area is 187 Å². The zero-order valence-electron chi connectivity index (χ0n) is 18.7. The van der Waals surface area contributed by atoms with Crippen molar-refractivity contribution in [1.82, 2.24) is 15.1 Å². The number of aliphatic hydroxyl groups excluding tert-OH is 1. The molecule has 0 aliphatic carbocycles. The van der Waals surface area contributed by atoms with E-state index in [-0.39, 0.29) is 24.8 Å². The monoisotopic (exact) mass is 435 g/mol. The Morgan fingerprint density at radius 1 is 1.19 bits per heavy atom. The first-order valence-electron chi connectivity index (χ1n) is 11.0. The van der Waals surface area contributed by atoms with Crippen molar-refractivity contribution < 1.29 is 19.7 Å². The van der Waals surface area contributed by atoms with Crippen LogP contribution in [0.15, 0.2) is 36.4 Å². The number of fused-ring (bicyclic) bond motifs is 1. The van der Waals surface area contributed by atoms with Crippen molar-refractivity contribution in [3.05, 3.63) is 64.3 Å². The first-order chi connectivity index (χ1) is 15.5. The third kappa shape index (κ3) is 3.84. The summed E-state index contributed by atoms with van der Waals surface area (Å²) in [4.78, 5) is 14.8. The van der Waals surface area contributed by atoms with E-state index < -0.39 is 6.04 Å². The average Bonchev–Trinajstić information content (AvgIpc) is 3.28. The van der Waals surface area contributed by atoms with Crippen molar-refractivity contribution in [1.29, 1.82) is 0 Å². The van der Waals surface area contributed by atoms with Crippen molar-refractivity contribution in [2.45, 2.75) is 39.7 Å². The molecule has 3 N–H and O–H groups in total. The van der Waals surface area contributed by atoms with Gasteiger partial charge in [-0.05, 0) is 55.2 Å². The Bertz CT molecular complexity index is 1100. The van der Waals surface area contributed by atoms with Gasteiger partial charge in [-0.25, -0.2) is 0 Å². The smallest absolute Gasteiger partial charge is 0.273 e. The van der Waals surface area contributed by atoms with Crippen molar-refractivity contribution in [3.8, 4) is 22.8 Å². The van der Waals surface area contributed by atoms with Gasteiger partial charge in [-0.15, -0.1) is 0 Å². The van der Waals surface area contributed by atoms with E-state index in [0.29, 0.717) is 29.1 Å². The van der Waals surface area contributed by atoms with E-state index in [1.165, 1.54) is 0 Å². The van der Waals surface area contributed by atoms with Gasteiger partial charge in [-0.2, -0.15) is 5.10 Å². The Morgan fingerprint density at radius 3 is 2.59 bits per heavy atom. The van der Waals surface area contributed by atoms with Crippen LogP contribution >= 0.6 is 0 Å². The molecule has 1 unspecified atom stereocenters. The summed E-state index contributed by atoms with van der Waals surface area (Å²) < 4.78 is 5.78. The maximum atomic E-state index is 13.1. The maximum absolute atomic E-state index is 13.1. The Hall–Kier alpha value is -3.32. The van der Waals surface area contributed by atoms with Crippen LogP contribution in [0.4, 0.5) is 0 Å². The number of benzene rings is 2. The van der Waals surface area contributed by atoms with E-state index in [9.17, 15) is 15.0 Å². The summed E-state index contributed by atoms with van der Waals surface area (Å²) >= 11 is 0. The number of β-amino-alcohol motifs (C(OH)–C–C–N with tert-alkyl or cyclic N) is 1. The third-order valence-corrected chi connectivity index (χ3v) is 5.86. The number of unbranched alkanes of at least 4 members (excludes halogenated alkanes) is 1. The highest BCUT2D eigenvalue weighted by atomic mass is 16.5. The van der Waals surface area contributed by atoms with Crippen molar-refractivity contribution in [2.24, 2.45) is 0 Å². The number of aliphatic hydroxyl groups is 1. The molecule has 2 heterocycles. The second-order valence-electron chi connectivity index (χ2n) is 8.23. The zero-order valence-corrected chi connectivity index (χ0v) is 18.7. The number of amides is 1. The molecule has 0 bridgehead atoms. The van der Waals surface area contributed by atoms with E-state index in [0.717, 1.165) is 35.3 Å². The summed E-state index contributed by atoms with van der Waals surface area (Å²) in [5.74, 6) is 0.688. The number of carbonyl (C=O) groups excluding carboxylic acids is 1. The zero-order chi connectivity index (χ0) is 22.8. The number of carbonyl (C=O) groups is 1. The fourth-order valence-electron chi connectivity index (χ4n) is 4.41. The number of phenols is 1. The second-order valence-corrected chi connectivity index (χ2v) is 8.23. The summed E-state index contributed by atoms with van der Waals surface area (Å²) in [5.41, 5.74) is 4.98. The lowest BCUT2D eigenvalue weighted by atomic mass is 9.93. The van der Waals surface area contributed by atoms with Crippen LogP contribution in [0.5, 0.6) is 11.5 Å². The average molecular weight is 436 g/mol. The number of nitrogens with zero attached hydrogens (tertiary/aromatic N) is 2. The summed E-state index contributed by atoms with van der Waals surface area (Å²) in [6.07, 6.45) is 2.06. The van der Waals surface area contributed by atoms with Crippen LogP contribution in [0.1, 0.15) is 58.5 Å². The Balaban J connectivity index is 1.79. The minimum atomic E-state index is -0.428. The minimum absolute atomic E-state index is 0.128. The van der Waals surface area contributed by atoms with E-state index in [4.69, 9.17) is 4.74 Å². The molecular formula is C25H29N3O4. The van der Waals surface area contributed by atoms with E-state index in [2.05, 4.69) is 17.1 Å². The number of aromatic hydroxyl groups is 1. The summed E-state index contributed by atoms with van der Waals surface area (Å²) in [7, 11) is 0. The van der Waals surface area contributed by atoms with Gasteiger partial charge in [0.2, 0.25) is 0 Å².